The molecule has 0 saturated heterocycles. The SMILES string of the molecule is [2H]NC(=O)OC(=NC1CCCCC1)NC1CCCCC1. The first-order valence-corrected chi connectivity index (χ1v) is 7.52. The van der Waals surface area contributed by atoms with Gasteiger partial charge in [0.1, 0.15) is 0 Å². The number of carbonyl (C=O) groups is 1. The molecule has 2 rings (SSSR count). The number of hydrogen-bond donors (Lipinski definition) is 2. The van der Waals surface area contributed by atoms with Crippen LogP contribution in [0.25, 0.3) is 0 Å². The monoisotopic (exact) mass is 268 g/mol. The van der Waals surface area contributed by atoms with E-state index in [0.29, 0.717) is 12.1 Å². The van der Waals surface area contributed by atoms with Crippen molar-refractivity contribution >= 4 is 12.1 Å². The molecule has 5 nitrogen and oxygen atoms in total. The van der Waals surface area contributed by atoms with Gasteiger partial charge in [0, 0.05) is 6.04 Å². The number of nitrogens with two attached hydrogens (primary N) is 1. The van der Waals surface area contributed by atoms with Crippen molar-refractivity contribution in [2.45, 2.75) is 76.3 Å². The Balaban J connectivity index is 1.94. The van der Waals surface area contributed by atoms with Crippen LogP contribution in [0.3, 0.4) is 0 Å². The summed E-state index contributed by atoms with van der Waals surface area (Å²) in [6.45, 7) is 0. The molecule has 2 aliphatic rings. The standard InChI is InChI=1S/C14H25N3O2/c15-13(18)19-14(16-11-7-3-1-4-8-11)17-12-9-5-2-6-10-12/h11-12H,1-10H2,(H2,15,18)(H,16,17)/i/hD. The van der Waals surface area contributed by atoms with Gasteiger partial charge < -0.3 is 15.8 Å². The number of hydrogen-bond acceptors (Lipinski definition) is 3. The number of nitrogens with one attached hydrogen (secondary N) is 1. The zero-order valence-corrected chi connectivity index (χ0v) is 11.5. The Hall–Kier alpha value is -1.26. The fraction of sp³-hybridized carbons (Fsp3) is 0.857. The number of carbonyl (C=O) groups excluding carboxylic acids is 1. The van der Waals surface area contributed by atoms with Crippen LogP contribution in [0.2, 0.25) is 1.41 Å². The lowest BCUT2D eigenvalue weighted by Crippen LogP contribution is -2.40. The van der Waals surface area contributed by atoms with Crippen molar-refractivity contribution in [1.29, 1.82) is 0 Å². The van der Waals surface area contributed by atoms with E-state index < -0.39 is 6.09 Å². The number of nitrogens with zero attached hydrogens (tertiary/aromatic N) is 1. The summed E-state index contributed by atoms with van der Waals surface area (Å²) in [4.78, 5) is 15.8. The molecule has 3 N–H and O–H groups in total. The first kappa shape index (κ1) is 12.8. The Morgan fingerprint density at radius 1 is 1.11 bits per heavy atom. The van der Waals surface area contributed by atoms with E-state index in [1.54, 1.807) is 5.73 Å². The zero-order chi connectivity index (χ0) is 14.2. The molecule has 0 unspecified atom stereocenters. The number of primary amides is 1. The lowest BCUT2D eigenvalue weighted by Gasteiger charge is -2.25. The molecule has 0 spiro atoms. The van der Waals surface area contributed by atoms with Gasteiger partial charge in [-0.2, -0.15) is 0 Å². The van der Waals surface area contributed by atoms with Crippen molar-refractivity contribution in [2.24, 2.45) is 10.7 Å². The summed E-state index contributed by atoms with van der Waals surface area (Å²) in [7, 11) is 0. The summed E-state index contributed by atoms with van der Waals surface area (Å²) in [5.41, 5.74) is 1.74. The molecule has 0 radical (unpaired) electrons. The molecule has 0 atom stereocenters. The number of amidine groups is 1. The van der Waals surface area contributed by atoms with Crippen molar-refractivity contribution < 1.29 is 10.9 Å². The summed E-state index contributed by atoms with van der Waals surface area (Å²) < 4.78 is 11.9. The maximum absolute atomic E-state index is 11.3. The highest BCUT2D eigenvalue weighted by Gasteiger charge is 2.19. The van der Waals surface area contributed by atoms with E-state index in [1.807, 2.05) is 0 Å². The third-order valence-electron chi connectivity index (χ3n) is 4.00. The molecule has 1 amide bonds. The van der Waals surface area contributed by atoms with Crippen LogP contribution in [-0.2, 0) is 4.74 Å². The molecule has 2 saturated carbocycles. The van der Waals surface area contributed by atoms with Gasteiger partial charge in [-0.3, -0.25) is 0 Å². The van der Waals surface area contributed by atoms with Crippen LogP contribution in [0.15, 0.2) is 4.99 Å². The molecular formula is C14H25N3O2. The number of amides is 1. The fourth-order valence-electron chi connectivity index (χ4n) is 2.98. The van der Waals surface area contributed by atoms with Gasteiger partial charge in [-0.15, -0.1) is 0 Å². The maximum atomic E-state index is 11.3. The van der Waals surface area contributed by atoms with Crippen LogP contribution in [-0.4, -0.2) is 24.2 Å². The molecule has 19 heavy (non-hydrogen) atoms. The van der Waals surface area contributed by atoms with Crippen molar-refractivity contribution in [2.75, 3.05) is 0 Å². The largest absolute Gasteiger partial charge is 0.412 e. The molecule has 2 fully saturated rings. The minimum absolute atomic E-state index is 0.244. The lowest BCUT2D eigenvalue weighted by molar-refractivity contribution is 0.203. The molecule has 108 valence electrons. The van der Waals surface area contributed by atoms with Crippen molar-refractivity contribution in [3.8, 4) is 0 Å². The van der Waals surface area contributed by atoms with Crippen molar-refractivity contribution in [3.63, 3.8) is 0 Å². The number of rotatable bonds is 2. The van der Waals surface area contributed by atoms with Crippen LogP contribution in [0.4, 0.5) is 4.79 Å². The molecule has 0 aromatic rings. The Morgan fingerprint density at radius 2 is 1.74 bits per heavy atom. The molecule has 2 aliphatic carbocycles. The van der Waals surface area contributed by atoms with Crippen LogP contribution in [0, 0.1) is 0 Å². The Morgan fingerprint density at radius 3 is 2.37 bits per heavy atom. The average molecular weight is 268 g/mol. The van der Waals surface area contributed by atoms with Gasteiger partial charge >= 0.3 is 6.09 Å². The zero-order valence-electron chi connectivity index (χ0n) is 12.5. The molecule has 0 aromatic carbocycles. The normalized spacial score (nSPS) is 23.6. The van der Waals surface area contributed by atoms with E-state index in [9.17, 15) is 4.79 Å². The van der Waals surface area contributed by atoms with Crippen molar-refractivity contribution in [3.05, 3.63) is 0 Å². The molecule has 0 bridgehead atoms. The van der Waals surface area contributed by atoms with Gasteiger partial charge in [0.15, 0.2) is 1.41 Å². The topological polar surface area (TPSA) is 76.7 Å². The van der Waals surface area contributed by atoms with Gasteiger partial charge in [-0.1, -0.05) is 38.5 Å². The second-order valence-corrected chi connectivity index (χ2v) is 5.59. The second kappa shape index (κ2) is 7.36. The third-order valence-corrected chi connectivity index (χ3v) is 4.00. The molecular weight excluding hydrogens is 242 g/mol. The average Bonchev–Trinajstić information content (AvgIpc) is 2.49. The van der Waals surface area contributed by atoms with E-state index in [-0.39, 0.29) is 6.04 Å². The first-order chi connectivity index (χ1) is 9.78. The van der Waals surface area contributed by atoms with Gasteiger partial charge in [0.05, 0.1) is 6.04 Å². The highest BCUT2D eigenvalue weighted by molar-refractivity contribution is 5.86. The minimum atomic E-state index is -0.775. The fourth-order valence-corrected chi connectivity index (χ4v) is 2.98. The Bertz CT molecular complexity index is 337. The van der Waals surface area contributed by atoms with Gasteiger partial charge in [-0.05, 0) is 25.7 Å². The van der Waals surface area contributed by atoms with E-state index in [4.69, 9.17) is 6.15 Å². The van der Waals surface area contributed by atoms with Crippen LogP contribution in [0.1, 0.15) is 64.2 Å². The Labute approximate surface area is 116 Å². The highest BCUT2D eigenvalue weighted by Crippen LogP contribution is 2.21. The van der Waals surface area contributed by atoms with Crippen LogP contribution >= 0.6 is 0 Å². The molecule has 0 heterocycles. The van der Waals surface area contributed by atoms with E-state index in [1.165, 1.54) is 38.5 Å². The van der Waals surface area contributed by atoms with Gasteiger partial charge in [-0.25, -0.2) is 9.79 Å². The molecule has 0 aromatic heterocycles. The molecule has 0 aliphatic heterocycles. The third kappa shape index (κ3) is 5.09. The predicted octanol–water partition coefficient (Wildman–Crippen LogP) is 2.69. The quantitative estimate of drug-likeness (QED) is 0.597. The highest BCUT2D eigenvalue weighted by atomic mass is 16.6. The maximum Gasteiger partial charge on any atom is 0.412 e. The van der Waals surface area contributed by atoms with Gasteiger partial charge in [0.2, 0.25) is 0 Å². The lowest BCUT2D eigenvalue weighted by atomic mass is 9.95. The first-order valence-electron chi connectivity index (χ1n) is 8.02. The molecule has 5 heteroatoms. The second-order valence-electron chi connectivity index (χ2n) is 5.59. The summed E-state index contributed by atoms with van der Waals surface area (Å²) in [6.07, 6.45) is 10.9. The van der Waals surface area contributed by atoms with E-state index in [2.05, 4.69) is 10.3 Å². The summed E-state index contributed by atoms with van der Waals surface area (Å²) >= 11 is 0. The number of ether oxygens (including phenoxy) is 1. The van der Waals surface area contributed by atoms with Gasteiger partial charge in [0.25, 0.3) is 6.02 Å². The Kier molecular flexibility index (Phi) is 4.94. The summed E-state index contributed by atoms with van der Waals surface area (Å²) in [5.74, 6) is 0. The van der Waals surface area contributed by atoms with E-state index >= 15 is 0 Å². The van der Waals surface area contributed by atoms with Crippen LogP contribution in [0.5, 0.6) is 0 Å². The van der Waals surface area contributed by atoms with Crippen LogP contribution < -0.4 is 11.0 Å². The summed E-state index contributed by atoms with van der Waals surface area (Å²) in [5, 5.41) is 3.25. The minimum Gasteiger partial charge on any atom is -0.376 e. The summed E-state index contributed by atoms with van der Waals surface area (Å²) in [6, 6.07) is 0.881. The van der Waals surface area contributed by atoms with Crippen molar-refractivity contribution in [1.82, 2.24) is 5.32 Å². The van der Waals surface area contributed by atoms with E-state index in [0.717, 1.165) is 25.7 Å². The smallest absolute Gasteiger partial charge is 0.376 e. The predicted molar refractivity (Wildman–Crippen MR) is 75.0 cm³/mol. The number of aliphatic imine (C=N–C) groups is 1.